The summed E-state index contributed by atoms with van der Waals surface area (Å²) in [7, 11) is 0. The molecule has 0 spiro atoms. The Morgan fingerprint density at radius 2 is 1.89 bits per heavy atom. The zero-order valence-corrected chi connectivity index (χ0v) is 15.5. The number of amides is 1. The van der Waals surface area contributed by atoms with E-state index in [0.717, 1.165) is 31.5 Å². The number of pyridine rings is 1. The van der Waals surface area contributed by atoms with Gasteiger partial charge in [0, 0.05) is 18.3 Å². The molecule has 1 saturated heterocycles. The summed E-state index contributed by atoms with van der Waals surface area (Å²) in [6.45, 7) is 4.47. The van der Waals surface area contributed by atoms with E-state index in [1.807, 2.05) is 19.1 Å². The van der Waals surface area contributed by atoms with Crippen LogP contribution >= 0.6 is 0 Å². The highest BCUT2D eigenvalue weighted by Gasteiger charge is 2.22. The molecule has 0 atom stereocenters. The standard InChI is InChI=1S/C21H24FN3O2/c1-15-3-2-10-23-20(15)21(27)24-13-16-8-11-25(12-9-16)14-19(26)17-4-6-18(22)7-5-17/h2-7,10,16H,8-9,11-14H2,1H3,(H,24,27). The van der Waals surface area contributed by atoms with E-state index in [4.69, 9.17) is 0 Å². The van der Waals surface area contributed by atoms with Crippen molar-refractivity contribution in [3.63, 3.8) is 0 Å². The fraction of sp³-hybridized carbons (Fsp3) is 0.381. The van der Waals surface area contributed by atoms with E-state index in [1.54, 1.807) is 6.20 Å². The number of ketones is 1. The third-order valence-electron chi connectivity index (χ3n) is 5.02. The SMILES string of the molecule is Cc1cccnc1C(=O)NCC1CCN(CC(=O)c2ccc(F)cc2)CC1. The van der Waals surface area contributed by atoms with Crippen LogP contribution in [0.15, 0.2) is 42.6 Å². The van der Waals surface area contributed by atoms with Crippen molar-refractivity contribution in [2.75, 3.05) is 26.2 Å². The van der Waals surface area contributed by atoms with Crippen molar-refractivity contribution >= 4 is 11.7 Å². The average Bonchev–Trinajstić information content (AvgIpc) is 2.68. The number of piperidine rings is 1. The second-order valence-electron chi connectivity index (χ2n) is 7.03. The molecular weight excluding hydrogens is 345 g/mol. The number of benzene rings is 1. The van der Waals surface area contributed by atoms with Gasteiger partial charge < -0.3 is 5.32 Å². The Kier molecular flexibility index (Phi) is 6.29. The summed E-state index contributed by atoms with van der Waals surface area (Å²) in [4.78, 5) is 30.8. The third kappa shape index (κ3) is 5.20. The smallest absolute Gasteiger partial charge is 0.270 e. The van der Waals surface area contributed by atoms with Crippen LogP contribution in [-0.4, -0.2) is 47.8 Å². The fourth-order valence-electron chi connectivity index (χ4n) is 3.32. The van der Waals surface area contributed by atoms with Crippen LogP contribution in [0.3, 0.4) is 0 Å². The molecule has 2 heterocycles. The number of aryl methyl sites for hydroxylation is 1. The number of rotatable bonds is 6. The highest BCUT2D eigenvalue weighted by molar-refractivity contribution is 5.97. The first-order valence-electron chi connectivity index (χ1n) is 9.24. The van der Waals surface area contributed by atoms with Crippen LogP contribution in [0.5, 0.6) is 0 Å². The van der Waals surface area contributed by atoms with Gasteiger partial charge in [0.25, 0.3) is 5.91 Å². The molecule has 2 aromatic rings. The van der Waals surface area contributed by atoms with Crippen LogP contribution in [0.4, 0.5) is 4.39 Å². The molecule has 1 aliphatic rings. The van der Waals surface area contributed by atoms with Gasteiger partial charge in [-0.2, -0.15) is 0 Å². The topological polar surface area (TPSA) is 62.3 Å². The van der Waals surface area contributed by atoms with E-state index in [9.17, 15) is 14.0 Å². The molecule has 1 aliphatic heterocycles. The number of aromatic nitrogens is 1. The lowest BCUT2D eigenvalue weighted by atomic mass is 9.96. The maximum atomic E-state index is 13.0. The summed E-state index contributed by atoms with van der Waals surface area (Å²) in [5, 5.41) is 2.97. The predicted octanol–water partition coefficient (Wildman–Crippen LogP) is 2.85. The van der Waals surface area contributed by atoms with E-state index in [0.29, 0.717) is 30.3 Å². The van der Waals surface area contributed by atoms with E-state index in [-0.39, 0.29) is 17.5 Å². The molecule has 0 radical (unpaired) electrons. The Balaban J connectivity index is 1.42. The van der Waals surface area contributed by atoms with Gasteiger partial charge in [-0.05, 0) is 74.7 Å². The van der Waals surface area contributed by atoms with E-state index >= 15 is 0 Å². The third-order valence-corrected chi connectivity index (χ3v) is 5.02. The Hall–Kier alpha value is -2.60. The van der Waals surface area contributed by atoms with E-state index in [2.05, 4.69) is 15.2 Å². The summed E-state index contributed by atoms with van der Waals surface area (Å²) in [5.41, 5.74) is 1.88. The van der Waals surface area contributed by atoms with Crippen molar-refractivity contribution in [3.8, 4) is 0 Å². The van der Waals surface area contributed by atoms with Gasteiger partial charge in [-0.1, -0.05) is 6.07 Å². The lowest BCUT2D eigenvalue weighted by Crippen LogP contribution is -2.40. The first kappa shape index (κ1) is 19.2. The molecule has 5 nitrogen and oxygen atoms in total. The number of carbonyl (C=O) groups is 2. The number of likely N-dealkylation sites (tertiary alicyclic amines) is 1. The summed E-state index contributed by atoms with van der Waals surface area (Å²) in [6, 6.07) is 9.36. The number of Topliss-reactive ketones (excluding diaryl/α,β-unsaturated/α-hetero) is 1. The Morgan fingerprint density at radius 1 is 1.19 bits per heavy atom. The second-order valence-corrected chi connectivity index (χ2v) is 7.03. The zero-order chi connectivity index (χ0) is 19.2. The van der Waals surface area contributed by atoms with Crippen LogP contribution in [0.1, 0.15) is 39.3 Å². The van der Waals surface area contributed by atoms with Crippen LogP contribution in [0.25, 0.3) is 0 Å². The molecule has 0 unspecified atom stereocenters. The highest BCUT2D eigenvalue weighted by Crippen LogP contribution is 2.17. The number of hydrogen-bond donors (Lipinski definition) is 1. The predicted molar refractivity (Wildman–Crippen MR) is 101 cm³/mol. The Morgan fingerprint density at radius 3 is 2.56 bits per heavy atom. The van der Waals surface area contributed by atoms with Crippen molar-refractivity contribution in [2.45, 2.75) is 19.8 Å². The molecule has 1 amide bonds. The number of halogens is 1. The van der Waals surface area contributed by atoms with Gasteiger partial charge in [0.2, 0.25) is 0 Å². The second kappa shape index (κ2) is 8.86. The quantitative estimate of drug-likeness (QED) is 0.796. The first-order chi connectivity index (χ1) is 13.0. The molecule has 1 aromatic heterocycles. The molecule has 1 N–H and O–H groups in total. The van der Waals surface area contributed by atoms with Crippen molar-refractivity contribution in [1.29, 1.82) is 0 Å². The summed E-state index contributed by atoms with van der Waals surface area (Å²) < 4.78 is 13.0. The van der Waals surface area contributed by atoms with Crippen molar-refractivity contribution in [1.82, 2.24) is 15.2 Å². The number of nitrogens with zero attached hydrogens (tertiary/aromatic N) is 2. The summed E-state index contributed by atoms with van der Waals surface area (Å²) in [5.74, 6) is -0.0696. The molecule has 3 rings (SSSR count). The zero-order valence-electron chi connectivity index (χ0n) is 15.5. The van der Waals surface area contributed by atoms with Gasteiger partial charge in [0.15, 0.2) is 5.78 Å². The fourth-order valence-corrected chi connectivity index (χ4v) is 3.32. The molecule has 1 aromatic carbocycles. The first-order valence-corrected chi connectivity index (χ1v) is 9.24. The Bertz CT molecular complexity index is 799. The normalized spacial score (nSPS) is 15.5. The minimum absolute atomic E-state index is 0.00683. The lowest BCUT2D eigenvalue weighted by molar-refractivity contribution is 0.0886. The molecule has 142 valence electrons. The lowest BCUT2D eigenvalue weighted by Gasteiger charge is -2.31. The molecule has 0 bridgehead atoms. The van der Waals surface area contributed by atoms with Gasteiger partial charge in [-0.25, -0.2) is 4.39 Å². The maximum absolute atomic E-state index is 13.0. The summed E-state index contributed by atoms with van der Waals surface area (Å²) in [6.07, 6.45) is 3.48. The molecule has 0 aliphatic carbocycles. The van der Waals surface area contributed by atoms with Crippen LogP contribution < -0.4 is 5.32 Å². The minimum atomic E-state index is -0.338. The van der Waals surface area contributed by atoms with Gasteiger partial charge in [-0.15, -0.1) is 0 Å². The number of carbonyl (C=O) groups excluding carboxylic acids is 2. The Labute approximate surface area is 158 Å². The molecule has 1 fully saturated rings. The van der Waals surface area contributed by atoms with E-state index < -0.39 is 0 Å². The van der Waals surface area contributed by atoms with Crippen molar-refractivity contribution in [2.24, 2.45) is 5.92 Å². The minimum Gasteiger partial charge on any atom is -0.350 e. The van der Waals surface area contributed by atoms with Gasteiger partial charge in [0.1, 0.15) is 11.5 Å². The van der Waals surface area contributed by atoms with E-state index in [1.165, 1.54) is 24.3 Å². The van der Waals surface area contributed by atoms with Crippen molar-refractivity contribution in [3.05, 3.63) is 65.2 Å². The highest BCUT2D eigenvalue weighted by atomic mass is 19.1. The maximum Gasteiger partial charge on any atom is 0.270 e. The monoisotopic (exact) mass is 369 g/mol. The molecule has 0 saturated carbocycles. The number of nitrogens with one attached hydrogen (secondary N) is 1. The van der Waals surface area contributed by atoms with Crippen molar-refractivity contribution < 1.29 is 14.0 Å². The van der Waals surface area contributed by atoms with Gasteiger partial charge in [-0.3, -0.25) is 19.5 Å². The molecule has 27 heavy (non-hydrogen) atoms. The summed E-state index contributed by atoms with van der Waals surface area (Å²) >= 11 is 0. The molecule has 6 heteroatoms. The van der Waals surface area contributed by atoms with Crippen LogP contribution in [0, 0.1) is 18.7 Å². The van der Waals surface area contributed by atoms with Crippen LogP contribution in [0.2, 0.25) is 0 Å². The van der Waals surface area contributed by atoms with Gasteiger partial charge >= 0.3 is 0 Å². The molecular formula is C21H24FN3O2. The average molecular weight is 369 g/mol. The van der Waals surface area contributed by atoms with Gasteiger partial charge in [0.05, 0.1) is 6.54 Å². The number of hydrogen-bond acceptors (Lipinski definition) is 4. The van der Waals surface area contributed by atoms with Crippen LogP contribution in [-0.2, 0) is 0 Å². The largest absolute Gasteiger partial charge is 0.350 e.